The van der Waals surface area contributed by atoms with E-state index in [1.807, 2.05) is 45.0 Å². The summed E-state index contributed by atoms with van der Waals surface area (Å²) in [5.41, 5.74) is 2.00. The number of nitrogens with zero attached hydrogens (tertiary/aromatic N) is 1. The van der Waals surface area contributed by atoms with Crippen LogP contribution in [0.5, 0.6) is 5.75 Å². The molecule has 0 aromatic heterocycles. The topological polar surface area (TPSA) is 67.8 Å². The van der Waals surface area contributed by atoms with Crippen LogP contribution in [-0.4, -0.2) is 28.3 Å². The Kier molecular flexibility index (Phi) is 7.16. The van der Waals surface area contributed by atoms with Crippen molar-refractivity contribution >= 4 is 16.7 Å². The summed E-state index contributed by atoms with van der Waals surface area (Å²) in [4.78, 5) is 4.49. The molecule has 0 fully saturated rings. The zero-order valence-corrected chi connectivity index (χ0v) is 17.2. The average Bonchev–Trinajstić information content (AvgIpc) is 2.65. The molecular formula is C21H28N2O3S. The largest absolute Gasteiger partial charge is 0.497 e. The Bertz CT molecular complexity index is 844. The molecule has 0 aliphatic rings. The third kappa shape index (κ3) is 5.65. The first-order chi connectivity index (χ1) is 12.8. The van der Waals surface area contributed by atoms with Gasteiger partial charge in [-0.05, 0) is 55.8 Å². The first-order valence-electron chi connectivity index (χ1n) is 8.95. The quantitative estimate of drug-likeness (QED) is 0.657. The maximum atomic E-state index is 12.8. The number of rotatable bonds is 9. The van der Waals surface area contributed by atoms with Crippen LogP contribution in [0.1, 0.15) is 37.4 Å². The van der Waals surface area contributed by atoms with Gasteiger partial charge in [0.15, 0.2) is 0 Å². The fraction of sp³-hybridized carbons (Fsp3) is 0.381. The van der Waals surface area contributed by atoms with Gasteiger partial charge in [-0.3, -0.25) is 4.99 Å². The van der Waals surface area contributed by atoms with Crippen LogP contribution in [0.25, 0.3) is 0 Å². The molecule has 146 valence electrons. The summed E-state index contributed by atoms with van der Waals surface area (Å²) in [6, 6.07) is 14.0. The standard InChI is InChI=1S/C21H28N2O3S/c1-15(2)20(23-27(24,25)19-12-6-16(3)7-13-19)14-21(22-4)17-8-10-18(26-5)11-9-17/h6-13,15,20-21,23H,4,14H2,1-3,5H3/t20-,21-/m1/s1. The molecule has 2 aromatic rings. The minimum absolute atomic E-state index is 0.104. The highest BCUT2D eigenvalue weighted by Gasteiger charge is 2.25. The Balaban J connectivity index is 2.20. The summed E-state index contributed by atoms with van der Waals surface area (Å²) in [6.07, 6.45) is 0.526. The van der Waals surface area contributed by atoms with Crippen molar-refractivity contribution in [3.63, 3.8) is 0 Å². The van der Waals surface area contributed by atoms with Crippen LogP contribution in [0.4, 0.5) is 0 Å². The van der Waals surface area contributed by atoms with Crippen molar-refractivity contribution in [3.05, 3.63) is 59.7 Å². The second-order valence-electron chi connectivity index (χ2n) is 6.99. The van der Waals surface area contributed by atoms with E-state index in [9.17, 15) is 8.42 Å². The molecule has 0 spiro atoms. The molecule has 5 nitrogen and oxygen atoms in total. The minimum Gasteiger partial charge on any atom is -0.497 e. The van der Waals surface area contributed by atoms with Crippen molar-refractivity contribution in [1.82, 2.24) is 4.72 Å². The van der Waals surface area contributed by atoms with E-state index in [1.165, 1.54) is 0 Å². The van der Waals surface area contributed by atoms with Crippen LogP contribution >= 0.6 is 0 Å². The van der Waals surface area contributed by atoms with Gasteiger partial charge in [0.1, 0.15) is 5.75 Å². The zero-order chi connectivity index (χ0) is 20.0. The number of nitrogens with one attached hydrogen (secondary N) is 1. The van der Waals surface area contributed by atoms with Crippen molar-refractivity contribution in [2.24, 2.45) is 10.9 Å². The highest BCUT2D eigenvalue weighted by molar-refractivity contribution is 7.89. The Morgan fingerprint density at radius 1 is 1.07 bits per heavy atom. The Morgan fingerprint density at radius 3 is 2.15 bits per heavy atom. The number of ether oxygens (including phenoxy) is 1. The van der Waals surface area contributed by atoms with Crippen LogP contribution < -0.4 is 9.46 Å². The Hall–Kier alpha value is -2.18. The van der Waals surface area contributed by atoms with Crippen LogP contribution in [-0.2, 0) is 10.0 Å². The van der Waals surface area contributed by atoms with E-state index in [4.69, 9.17) is 4.74 Å². The monoisotopic (exact) mass is 388 g/mol. The predicted molar refractivity (Wildman–Crippen MR) is 110 cm³/mol. The summed E-state index contributed by atoms with van der Waals surface area (Å²) >= 11 is 0. The van der Waals surface area contributed by atoms with E-state index < -0.39 is 10.0 Å². The molecule has 0 radical (unpaired) electrons. The molecule has 0 heterocycles. The molecule has 0 saturated carbocycles. The molecule has 6 heteroatoms. The first kappa shape index (κ1) is 21.1. The van der Waals surface area contributed by atoms with Gasteiger partial charge in [-0.15, -0.1) is 0 Å². The maximum absolute atomic E-state index is 12.8. The molecule has 0 aliphatic heterocycles. The zero-order valence-electron chi connectivity index (χ0n) is 16.3. The predicted octanol–water partition coefficient (Wildman–Crippen LogP) is 4.14. The van der Waals surface area contributed by atoms with E-state index in [1.54, 1.807) is 31.4 Å². The number of aryl methyl sites for hydroxylation is 1. The second kappa shape index (κ2) is 9.15. The third-order valence-electron chi connectivity index (χ3n) is 4.64. The number of sulfonamides is 1. The molecular weight excluding hydrogens is 360 g/mol. The highest BCUT2D eigenvalue weighted by atomic mass is 32.2. The number of hydrogen-bond acceptors (Lipinski definition) is 4. The smallest absolute Gasteiger partial charge is 0.240 e. The van der Waals surface area contributed by atoms with Crippen molar-refractivity contribution < 1.29 is 13.2 Å². The van der Waals surface area contributed by atoms with E-state index >= 15 is 0 Å². The normalized spacial score (nSPS) is 14.0. The molecule has 2 aromatic carbocycles. The van der Waals surface area contributed by atoms with Crippen molar-refractivity contribution in [2.45, 2.75) is 44.2 Å². The van der Waals surface area contributed by atoms with Crippen molar-refractivity contribution in [2.75, 3.05) is 7.11 Å². The number of benzene rings is 2. The summed E-state index contributed by atoms with van der Waals surface area (Å²) in [5, 5.41) is 0. The summed E-state index contributed by atoms with van der Waals surface area (Å²) in [5.74, 6) is 0.870. The van der Waals surface area contributed by atoms with Crippen LogP contribution in [0.3, 0.4) is 0 Å². The molecule has 2 rings (SSSR count). The fourth-order valence-corrected chi connectivity index (χ4v) is 4.22. The molecule has 0 amide bonds. The summed E-state index contributed by atoms with van der Waals surface area (Å²) in [6.45, 7) is 9.62. The lowest BCUT2D eigenvalue weighted by atomic mass is 9.94. The Labute approximate surface area is 162 Å². The SMILES string of the molecule is C=N[C@H](C[C@@H](NS(=O)(=O)c1ccc(C)cc1)C(C)C)c1ccc(OC)cc1. The molecule has 27 heavy (non-hydrogen) atoms. The van der Waals surface area contributed by atoms with Crippen LogP contribution in [0.15, 0.2) is 58.4 Å². The van der Waals surface area contributed by atoms with Gasteiger partial charge in [-0.2, -0.15) is 0 Å². The first-order valence-corrected chi connectivity index (χ1v) is 10.4. The van der Waals surface area contributed by atoms with E-state index in [-0.39, 0.29) is 22.9 Å². The molecule has 1 N–H and O–H groups in total. The summed E-state index contributed by atoms with van der Waals surface area (Å²) in [7, 11) is -1.98. The van der Waals surface area contributed by atoms with Gasteiger partial charge < -0.3 is 4.74 Å². The molecule has 2 atom stereocenters. The summed E-state index contributed by atoms with van der Waals surface area (Å²) < 4.78 is 33.6. The number of methoxy groups -OCH3 is 1. The molecule has 0 bridgehead atoms. The lowest BCUT2D eigenvalue weighted by Gasteiger charge is -2.25. The van der Waals surface area contributed by atoms with Gasteiger partial charge in [-0.1, -0.05) is 43.7 Å². The van der Waals surface area contributed by atoms with Crippen molar-refractivity contribution in [1.29, 1.82) is 0 Å². The second-order valence-corrected chi connectivity index (χ2v) is 8.71. The lowest BCUT2D eigenvalue weighted by Crippen LogP contribution is -2.39. The number of aliphatic imine (C=N–C) groups is 1. The molecule has 0 aliphatic carbocycles. The molecule has 0 unspecified atom stereocenters. The average molecular weight is 389 g/mol. The lowest BCUT2D eigenvalue weighted by molar-refractivity contribution is 0.397. The third-order valence-corrected chi connectivity index (χ3v) is 6.15. The Morgan fingerprint density at radius 2 is 1.67 bits per heavy atom. The van der Waals surface area contributed by atoms with E-state index in [0.717, 1.165) is 16.9 Å². The van der Waals surface area contributed by atoms with Crippen LogP contribution in [0, 0.1) is 12.8 Å². The van der Waals surface area contributed by atoms with E-state index in [0.29, 0.717) is 6.42 Å². The van der Waals surface area contributed by atoms with Gasteiger partial charge in [0.25, 0.3) is 0 Å². The van der Waals surface area contributed by atoms with Gasteiger partial charge in [0.2, 0.25) is 10.0 Å². The van der Waals surface area contributed by atoms with Crippen LogP contribution in [0.2, 0.25) is 0 Å². The number of hydrogen-bond donors (Lipinski definition) is 1. The molecule has 0 saturated heterocycles. The van der Waals surface area contributed by atoms with Gasteiger partial charge in [0, 0.05) is 6.04 Å². The maximum Gasteiger partial charge on any atom is 0.240 e. The van der Waals surface area contributed by atoms with Crippen molar-refractivity contribution in [3.8, 4) is 5.75 Å². The van der Waals surface area contributed by atoms with Gasteiger partial charge >= 0.3 is 0 Å². The van der Waals surface area contributed by atoms with E-state index in [2.05, 4.69) is 16.4 Å². The van der Waals surface area contributed by atoms with Gasteiger partial charge in [-0.25, -0.2) is 13.1 Å². The minimum atomic E-state index is -3.60. The highest BCUT2D eigenvalue weighted by Crippen LogP contribution is 2.27. The van der Waals surface area contributed by atoms with Gasteiger partial charge in [0.05, 0.1) is 18.0 Å². The fourth-order valence-electron chi connectivity index (χ4n) is 2.82.